The van der Waals surface area contributed by atoms with E-state index in [0.717, 1.165) is 59.1 Å². The van der Waals surface area contributed by atoms with E-state index in [0.29, 0.717) is 24.0 Å². The first-order valence-corrected chi connectivity index (χ1v) is 13.4. The molecule has 0 fully saturated rings. The van der Waals surface area contributed by atoms with Gasteiger partial charge in [0.25, 0.3) is 0 Å². The summed E-state index contributed by atoms with van der Waals surface area (Å²) < 4.78 is 12.6. The summed E-state index contributed by atoms with van der Waals surface area (Å²) in [6.45, 7) is 0. The number of furan rings is 2. The van der Waals surface area contributed by atoms with Crippen molar-refractivity contribution < 1.29 is 13.6 Å². The Morgan fingerprint density at radius 1 is 0.474 bits per heavy atom. The molecule has 38 heavy (non-hydrogen) atoms. The summed E-state index contributed by atoms with van der Waals surface area (Å²) in [7, 11) is 0. The van der Waals surface area contributed by atoms with Gasteiger partial charge in [0.05, 0.1) is 11.1 Å². The summed E-state index contributed by atoms with van der Waals surface area (Å²) in [5, 5.41) is 1.74. The number of carbonyl (C=O) groups is 1. The zero-order valence-corrected chi connectivity index (χ0v) is 21.4. The molecular weight excluding hydrogens is 468 g/mol. The molecule has 3 heteroatoms. The highest BCUT2D eigenvalue weighted by molar-refractivity contribution is 6.22. The quantitative estimate of drug-likeness (QED) is 0.177. The third-order valence-electron chi connectivity index (χ3n) is 7.22. The fourth-order valence-corrected chi connectivity index (χ4v) is 5.36. The molecule has 3 nitrogen and oxygen atoms in total. The van der Waals surface area contributed by atoms with E-state index in [4.69, 9.17) is 8.83 Å². The van der Waals surface area contributed by atoms with E-state index in [1.54, 1.807) is 0 Å². The van der Waals surface area contributed by atoms with Crippen LogP contribution in [0, 0.1) is 0 Å². The molecular formula is C35H30O3. The van der Waals surface area contributed by atoms with Crippen molar-refractivity contribution in [2.45, 2.75) is 38.5 Å². The molecule has 0 aliphatic carbocycles. The molecule has 6 aromatic rings. The Bertz CT molecular complexity index is 1550. The van der Waals surface area contributed by atoms with Crippen LogP contribution in [0.2, 0.25) is 0 Å². The minimum Gasteiger partial charge on any atom is -0.460 e. The highest BCUT2D eigenvalue weighted by Gasteiger charge is 2.27. The zero-order chi connectivity index (χ0) is 25.7. The van der Waals surface area contributed by atoms with Crippen molar-refractivity contribution in [3.63, 3.8) is 0 Å². The number of benzene rings is 4. The zero-order valence-electron chi connectivity index (χ0n) is 21.4. The Balaban J connectivity index is 1.34. The maximum absolute atomic E-state index is 14.4. The summed E-state index contributed by atoms with van der Waals surface area (Å²) in [6, 6.07) is 36.6. The molecule has 0 unspecified atom stereocenters. The minimum atomic E-state index is -0.00989. The van der Waals surface area contributed by atoms with Gasteiger partial charge in [-0.25, -0.2) is 0 Å². The number of ketones is 1. The van der Waals surface area contributed by atoms with E-state index in [9.17, 15) is 4.79 Å². The average Bonchev–Trinajstić information content (AvgIpc) is 3.52. The van der Waals surface area contributed by atoms with Crippen LogP contribution in [0.1, 0.15) is 51.4 Å². The monoisotopic (exact) mass is 498 g/mol. The van der Waals surface area contributed by atoms with Crippen LogP contribution in [-0.4, -0.2) is 5.78 Å². The van der Waals surface area contributed by atoms with Crippen molar-refractivity contribution in [2.24, 2.45) is 0 Å². The molecule has 0 N–H and O–H groups in total. The van der Waals surface area contributed by atoms with E-state index in [1.165, 1.54) is 11.1 Å². The summed E-state index contributed by atoms with van der Waals surface area (Å²) in [6.07, 6.45) is 5.07. The lowest BCUT2D eigenvalue weighted by Gasteiger charge is -2.06. The SMILES string of the molecule is O=C(c1c(CCCc2ccccc2)oc2ccccc12)c1c(CCCc2ccccc2)oc2ccccc12. The maximum atomic E-state index is 14.4. The van der Waals surface area contributed by atoms with E-state index in [1.807, 2.05) is 60.7 Å². The Hall–Kier alpha value is -4.37. The van der Waals surface area contributed by atoms with Crippen LogP contribution >= 0.6 is 0 Å². The van der Waals surface area contributed by atoms with Crippen LogP contribution in [0.25, 0.3) is 21.9 Å². The van der Waals surface area contributed by atoms with Crippen LogP contribution in [0.4, 0.5) is 0 Å². The Morgan fingerprint density at radius 3 is 1.32 bits per heavy atom. The van der Waals surface area contributed by atoms with Crippen molar-refractivity contribution >= 4 is 27.7 Å². The second kappa shape index (κ2) is 10.9. The highest BCUT2D eigenvalue weighted by atomic mass is 16.3. The average molecular weight is 499 g/mol. The summed E-state index contributed by atoms with van der Waals surface area (Å²) in [4.78, 5) is 14.4. The molecule has 0 atom stereocenters. The van der Waals surface area contributed by atoms with Crippen molar-refractivity contribution in [1.29, 1.82) is 0 Å². The fourth-order valence-electron chi connectivity index (χ4n) is 5.36. The molecule has 188 valence electrons. The van der Waals surface area contributed by atoms with Gasteiger partial charge >= 0.3 is 0 Å². The van der Waals surface area contributed by atoms with Gasteiger partial charge in [-0.2, -0.15) is 0 Å². The molecule has 2 heterocycles. The van der Waals surface area contributed by atoms with Gasteiger partial charge < -0.3 is 8.83 Å². The van der Waals surface area contributed by atoms with Gasteiger partial charge in [0.15, 0.2) is 0 Å². The molecule has 0 amide bonds. The number of hydrogen-bond donors (Lipinski definition) is 0. The molecule has 6 rings (SSSR count). The first-order chi connectivity index (χ1) is 18.8. The van der Waals surface area contributed by atoms with E-state index < -0.39 is 0 Å². The third-order valence-corrected chi connectivity index (χ3v) is 7.22. The molecule has 2 aromatic heterocycles. The van der Waals surface area contributed by atoms with E-state index in [2.05, 4.69) is 48.5 Å². The number of rotatable bonds is 10. The highest BCUT2D eigenvalue weighted by Crippen LogP contribution is 2.34. The van der Waals surface area contributed by atoms with Crippen molar-refractivity contribution in [3.8, 4) is 0 Å². The number of carbonyl (C=O) groups excluding carboxylic acids is 1. The van der Waals surface area contributed by atoms with Gasteiger partial charge in [0, 0.05) is 23.6 Å². The number of para-hydroxylation sites is 2. The standard InChI is InChI=1S/C35H30O3/c36-35(33-27-19-7-9-21-29(27)37-31(33)23-11-17-25-13-3-1-4-14-25)34-28-20-8-10-22-30(28)38-32(34)24-12-18-26-15-5-2-6-16-26/h1-10,13-16,19-22H,11-12,17-18,23-24H2. The number of aryl methyl sites for hydroxylation is 4. The van der Waals surface area contributed by atoms with E-state index >= 15 is 0 Å². The molecule has 0 saturated carbocycles. The summed E-state index contributed by atoms with van der Waals surface area (Å²) in [5.74, 6) is 1.50. The van der Waals surface area contributed by atoms with Gasteiger partial charge in [-0.1, -0.05) is 97.1 Å². The summed E-state index contributed by atoms with van der Waals surface area (Å²) in [5.41, 5.74) is 5.43. The number of hydrogen-bond acceptors (Lipinski definition) is 3. The van der Waals surface area contributed by atoms with Crippen molar-refractivity contribution in [1.82, 2.24) is 0 Å². The second-order valence-electron chi connectivity index (χ2n) is 9.80. The lowest BCUT2D eigenvalue weighted by Crippen LogP contribution is -2.07. The van der Waals surface area contributed by atoms with Crippen LogP contribution in [-0.2, 0) is 25.7 Å². The van der Waals surface area contributed by atoms with Crippen LogP contribution in [0.15, 0.2) is 118 Å². The third kappa shape index (κ3) is 4.92. The predicted molar refractivity (Wildman–Crippen MR) is 153 cm³/mol. The van der Waals surface area contributed by atoms with Crippen LogP contribution in [0.5, 0.6) is 0 Å². The smallest absolute Gasteiger partial charge is 0.201 e. The lowest BCUT2D eigenvalue weighted by atomic mass is 9.94. The molecule has 0 bridgehead atoms. The normalized spacial score (nSPS) is 11.4. The first kappa shape index (κ1) is 24.0. The molecule has 4 aromatic carbocycles. The van der Waals surface area contributed by atoms with Gasteiger partial charge in [-0.05, 0) is 48.9 Å². The van der Waals surface area contributed by atoms with Gasteiger partial charge in [0.1, 0.15) is 22.7 Å². The Morgan fingerprint density at radius 2 is 0.868 bits per heavy atom. The molecule has 0 aliphatic rings. The van der Waals surface area contributed by atoms with E-state index in [-0.39, 0.29) is 5.78 Å². The molecule has 0 spiro atoms. The largest absolute Gasteiger partial charge is 0.460 e. The second-order valence-corrected chi connectivity index (χ2v) is 9.80. The minimum absolute atomic E-state index is 0.00989. The topological polar surface area (TPSA) is 43.4 Å². The van der Waals surface area contributed by atoms with Crippen molar-refractivity contribution in [3.05, 3.63) is 143 Å². The van der Waals surface area contributed by atoms with Crippen LogP contribution in [0.3, 0.4) is 0 Å². The maximum Gasteiger partial charge on any atom is 0.201 e. The Labute approximate surface area is 222 Å². The molecule has 0 saturated heterocycles. The van der Waals surface area contributed by atoms with Crippen molar-refractivity contribution in [2.75, 3.05) is 0 Å². The fraction of sp³-hybridized carbons (Fsp3) is 0.171. The lowest BCUT2D eigenvalue weighted by molar-refractivity contribution is 0.103. The Kier molecular flexibility index (Phi) is 6.91. The predicted octanol–water partition coefficient (Wildman–Crippen LogP) is 8.76. The molecule has 0 radical (unpaired) electrons. The van der Waals surface area contributed by atoms with Gasteiger partial charge in [-0.15, -0.1) is 0 Å². The van der Waals surface area contributed by atoms with Gasteiger partial charge in [-0.3, -0.25) is 4.79 Å². The number of fused-ring (bicyclic) bond motifs is 2. The van der Waals surface area contributed by atoms with Crippen LogP contribution < -0.4 is 0 Å². The van der Waals surface area contributed by atoms with Gasteiger partial charge in [0.2, 0.25) is 5.78 Å². The molecule has 0 aliphatic heterocycles. The summed E-state index contributed by atoms with van der Waals surface area (Å²) >= 11 is 0. The first-order valence-electron chi connectivity index (χ1n) is 13.4.